The quantitative estimate of drug-likeness (QED) is 0.534. The van der Waals surface area contributed by atoms with Crippen LogP contribution in [0.5, 0.6) is 5.75 Å². The summed E-state index contributed by atoms with van der Waals surface area (Å²) in [6, 6.07) is 19.4. The minimum absolute atomic E-state index is 0.00413. The number of esters is 1. The van der Waals surface area contributed by atoms with Gasteiger partial charge in [0.25, 0.3) is 5.91 Å². The van der Waals surface area contributed by atoms with E-state index in [1.54, 1.807) is 49.4 Å². The van der Waals surface area contributed by atoms with E-state index in [0.29, 0.717) is 11.1 Å². The summed E-state index contributed by atoms with van der Waals surface area (Å²) < 4.78 is 5.06. The monoisotopic (exact) mass is 361 g/mol. The Morgan fingerprint density at radius 2 is 1.70 bits per heavy atom. The average Bonchev–Trinajstić information content (AvgIpc) is 2.70. The fourth-order valence-electron chi connectivity index (χ4n) is 2.72. The molecule has 136 valence electrons. The topological polar surface area (TPSA) is 75.6 Å². The maximum Gasteiger partial charge on any atom is 0.354 e. The summed E-state index contributed by atoms with van der Waals surface area (Å²) in [6.45, 7) is 1.85. The van der Waals surface area contributed by atoms with Crippen molar-refractivity contribution in [1.82, 2.24) is 5.32 Å². The SMILES string of the molecule is CCOC(=O)/C(=C/c1c(O)ccc2ccccc12)NC(=O)c1ccccc1. The maximum atomic E-state index is 12.5. The molecular weight excluding hydrogens is 342 g/mol. The molecule has 27 heavy (non-hydrogen) atoms. The first kappa shape index (κ1) is 18.2. The van der Waals surface area contributed by atoms with Crippen LogP contribution in [-0.2, 0) is 9.53 Å². The van der Waals surface area contributed by atoms with E-state index in [1.807, 2.05) is 24.3 Å². The number of benzene rings is 3. The van der Waals surface area contributed by atoms with Crippen molar-refractivity contribution in [3.63, 3.8) is 0 Å². The summed E-state index contributed by atoms with van der Waals surface area (Å²) in [7, 11) is 0. The van der Waals surface area contributed by atoms with E-state index in [-0.39, 0.29) is 18.1 Å². The third kappa shape index (κ3) is 4.15. The molecule has 0 aliphatic rings. The molecule has 0 aliphatic carbocycles. The molecule has 0 aromatic heterocycles. The van der Waals surface area contributed by atoms with Gasteiger partial charge in [-0.1, -0.05) is 48.5 Å². The van der Waals surface area contributed by atoms with Gasteiger partial charge in [0.15, 0.2) is 0 Å². The first-order valence-electron chi connectivity index (χ1n) is 8.56. The van der Waals surface area contributed by atoms with Crippen molar-refractivity contribution in [2.24, 2.45) is 0 Å². The first-order valence-corrected chi connectivity index (χ1v) is 8.56. The number of carbonyl (C=O) groups excluding carboxylic acids is 2. The second-order valence-corrected chi connectivity index (χ2v) is 5.82. The molecule has 0 unspecified atom stereocenters. The maximum absolute atomic E-state index is 12.5. The van der Waals surface area contributed by atoms with Gasteiger partial charge >= 0.3 is 5.97 Å². The lowest BCUT2D eigenvalue weighted by Crippen LogP contribution is -2.28. The van der Waals surface area contributed by atoms with Gasteiger partial charge in [0, 0.05) is 11.1 Å². The van der Waals surface area contributed by atoms with Crippen LogP contribution in [0.15, 0.2) is 72.4 Å². The zero-order chi connectivity index (χ0) is 19.2. The second kappa shape index (κ2) is 8.19. The molecule has 3 aromatic carbocycles. The van der Waals surface area contributed by atoms with E-state index in [0.717, 1.165) is 10.8 Å². The molecule has 5 heteroatoms. The largest absolute Gasteiger partial charge is 0.507 e. The fraction of sp³-hybridized carbons (Fsp3) is 0.0909. The van der Waals surface area contributed by atoms with Crippen LogP contribution >= 0.6 is 0 Å². The number of nitrogens with one attached hydrogen (secondary N) is 1. The normalized spacial score (nSPS) is 11.2. The molecule has 0 radical (unpaired) electrons. The molecule has 0 heterocycles. The number of phenols is 1. The van der Waals surface area contributed by atoms with E-state index in [2.05, 4.69) is 5.32 Å². The molecule has 5 nitrogen and oxygen atoms in total. The van der Waals surface area contributed by atoms with E-state index < -0.39 is 11.9 Å². The summed E-state index contributed by atoms with van der Waals surface area (Å²) in [6.07, 6.45) is 1.44. The summed E-state index contributed by atoms with van der Waals surface area (Å²) >= 11 is 0. The van der Waals surface area contributed by atoms with E-state index in [4.69, 9.17) is 4.74 Å². The first-order chi connectivity index (χ1) is 13.1. The molecule has 0 saturated carbocycles. The smallest absolute Gasteiger partial charge is 0.354 e. The third-order valence-corrected chi connectivity index (χ3v) is 4.02. The van der Waals surface area contributed by atoms with Crippen molar-refractivity contribution in [2.45, 2.75) is 6.92 Å². The summed E-state index contributed by atoms with van der Waals surface area (Å²) in [5.41, 5.74) is 0.803. The number of fused-ring (bicyclic) bond motifs is 1. The molecule has 0 aliphatic heterocycles. The van der Waals surface area contributed by atoms with Crippen LogP contribution in [0.3, 0.4) is 0 Å². The highest BCUT2D eigenvalue weighted by Crippen LogP contribution is 2.29. The number of aromatic hydroxyl groups is 1. The van der Waals surface area contributed by atoms with Gasteiger partial charge < -0.3 is 15.2 Å². The van der Waals surface area contributed by atoms with Gasteiger partial charge in [0.05, 0.1) is 6.61 Å². The Bertz CT molecular complexity index is 1010. The Kier molecular flexibility index (Phi) is 5.52. The van der Waals surface area contributed by atoms with Gasteiger partial charge in [-0.05, 0) is 42.0 Å². The highest BCUT2D eigenvalue weighted by atomic mass is 16.5. The second-order valence-electron chi connectivity index (χ2n) is 5.82. The molecule has 0 spiro atoms. The highest BCUT2D eigenvalue weighted by molar-refractivity contribution is 6.05. The van der Waals surface area contributed by atoms with E-state index in [9.17, 15) is 14.7 Å². The molecule has 0 atom stereocenters. The van der Waals surface area contributed by atoms with E-state index in [1.165, 1.54) is 6.08 Å². The van der Waals surface area contributed by atoms with Crippen molar-refractivity contribution in [3.8, 4) is 5.75 Å². The van der Waals surface area contributed by atoms with Crippen LogP contribution in [0.25, 0.3) is 16.8 Å². The highest BCUT2D eigenvalue weighted by Gasteiger charge is 2.17. The Hall–Kier alpha value is -3.60. The van der Waals surface area contributed by atoms with Crippen LogP contribution in [0.4, 0.5) is 0 Å². The number of hydrogen-bond acceptors (Lipinski definition) is 4. The molecule has 0 fully saturated rings. The standard InChI is InChI=1S/C22H19NO4/c1-2-27-22(26)19(23-21(25)16-9-4-3-5-10-16)14-18-17-11-7-6-8-15(17)12-13-20(18)24/h3-14,24H,2H2,1H3,(H,23,25)/b19-14-. The van der Waals surface area contributed by atoms with Crippen LogP contribution in [0, 0.1) is 0 Å². The van der Waals surface area contributed by atoms with Gasteiger partial charge in [-0.25, -0.2) is 4.79 Å². The Balaban J connectivity index is 2.05. The number of amides is 1. The number of hydrogen-bond donors (Lipinski definition) is 2. The average molecular weight is 361 g/mol. The Morgan fingerprint density at radius 3 is 2.44 bits per heavy atom. The lowest BCUT2D eigenvalue weighted by Gasteiger charge is -2.11. The number of rotatable bonds is 5. The fourth-order valence-corrected chi connectivity index (χ4v) is 2.72. The van der Waals surface area contributed by atoms with Crippen molar-refractivity contribution >= 4 is 28.7 Å². The minimum atomic E-state index is -0.672. The van der Waals surface area contributed by atoms with Crippen molar-refractivity contribution in [3.05, 3.63) is 83.6 Å². The molecule has 0 saturated heterocycles. The van der Waals surface area contributed by atoms with Gasteiger partial charge in [0.2, 0.25) is 0 Å². The predicted molar refractivity (Wildman–Crippen MR) is 104 cm³/mol. The molecule has 3 rings (SSSR count). The summed E-state index contributed by atoms with van der Waals surface area (Å²) in [5.74, 6) is -1.10. The Morgan fingerprint density at radius 1 is 1.00 bits per heavy atom. The van der Waals surface area contributed by atoms with Crippen LogP contribution in [-0.4, -0.2) is 23.6 Å². The van der Waals surface area contributed by atoms with Crippen molar-refractivity contribution in [1.29, 1.82) is 0 Å². The Labute approximate surface area is 156 Å². The van der Waals surface area contributed by atoms with Crippen LogP contribution < -0.4 is 5.32 Å². The third-order valence-electron chi connectivity index (χ3n) is 4.02. The molecule has 1 amide bonds. The van der Waals surface area contributed by atoms with Gasteiger partial charge in [-0.2, -0.15) is 0 Å². The predicted octanol–water partition coefficient (Wildman–Crippen LogP) is 3.88. The summed E-state index contributed by atoms with van der Waals surface area (Å²) in [4.78, 5) is 24.9. The lowest BCUT2D eigenvalue weighted by molar-refractivity contribution is -0.138. The molecule has 0 bridgehead atoms. The molecular formula is C22H19NO4. The molecule has 2 N–H and O–H groups in total. The number of ether oxygens (including phenoxy) is 1. The lowest BCUT2D eigenvalue weighted by atomic mass is 10.0. The van der Waals surface area contributed by atoms with E-state index >= 15 is 0 Å². The summed E-state index contributed by atoms with van der Waals surface area (Å²) in [5, 5.41) is 14.6. The zero-order valence-corrected chi connectivity index (χ0v) is 14.8. The zero-order valence-electron chi connectivity index (χ0n) is 14.8. The van der Waals surface area contributed by atoms with Gasteiger partial charge in [0.1, 0.15) is 11.4 Å². The van der Waals surface area contributed by atoms with Crippen molar-refractivity contribution in [2.75, 3.05) is 6.61 Å². The minimum Gasteiger partial charge on any atom is -0.507 e. The van der Waals surface area contributed by atoms with Crippen LogP contribution in [0.2, 0.25) is 0 Å². The van der Waals surface area contributed by atoms with Crippen molar-refractivity contribution < 1.29 is 19.4 Å². The van der Waals surface area contributed by atoms with Crippen LogP contribution in [0.1, 0.15) is 22.8 Å². The number of phenolic OH excluding ortho intramolecular Hbond substituents is 1. The van der Waals surface area contributed by atoms with Gasteiger partial charge in [-0.15, -0.1) is 0 Å². The number of carbonyl (C=O) groups is 2. The van der Waals surface area contributed by atoms with Gasteiger partial charge in [-0.3, -0.25) is 4.79 Å². The molecule has 3 aromatic rings.